The number of hydrogen-bond acceptors (Lipinski definition) is 5. The largest absolute Gasteiger partial charge is 0.494 e. The average Bonchev–Trinajstić information content (AvgIpc) is 2.39. The van der Waals surface area contributed by atoms with Gasteiger partial charge in [0.25, 0.3) is 0 Å². The predicted molar refractivity (Wildman–Crippen MR) is 70.6 cm³/mol. The van der Waals surface area contributed by atoms with Crippen LogP contribution in [0.4, 0.5) is 11.4 Å². The molecule has 0 saturated carbocycles. The lowest BCUT2D eigenvalue weighted by Crippen LogP contribution is -1.98. The molecule has 0 saturated heterocycles. The molecule has 0 heterocycles. The molecule has 0 aliphatic carbocycles. The standard InChI is InChI=1S/C13H12N2O4/c1-18-12-8-11(15(16)17)13(7-10(12)14)19-9-5-3-2-4-6-9/h2-8H,14H2,1H3. The van der Waals surface area contributed by atoms with E-state index in [0.717, 1.165) is 0 Å². The van der Waals surface area contributed by atoms with Crippen LogP contribution in [-0.2, 0) is 0 Å². The number of nitro benzene ring substituents is 1. The van der Waals surface area contributed by atoms with Crippen molar-refractivity contribution in [2.45, 2.75) is 0 Å². The zero-order valence-corrected chi connectivity index (χ0v) is 10.2. The summed E-state index contributed by atoms with van der Waals surface area (Å²) >= 11 is 0. The average molecular weight is 260 g/mol. The third-order valence-corrected chi connectivity index (χ3v) is 2.48. The van der Waals surface area contributed by atoms with Gasteiger partial charge in [-0.1, -0.05) is 18.2 Å². The van der Waals surface area contributed by atoms with E-state index in [1.165, 1.54) is 19.2 Å². The van der Waals surface area contributed by atoms with Crippen molar-refractivity contribution in [2.75, 3.05) is 12.8 Å². The fraction of sp³-hybridized carbons (Fsp3) is 0.0769. The fourth-order valence-electron chi connectivity index (χ4n) is 1.58. The molecule has 0 aliphatic heterocycles. The van der Waals surface area contributed by atoms with Crippen LogP contribution in [0.2, 0.25) is 0 Å². The van der Waals surface area contributed by atoms with Crippen LogP contribution >= 0.6 is 0 Å². The molecule has 0 fully saturated rings. The van der Waals surface area contributed by atoms with E-state index in [4.69, 9.17) is 15.2 Å². The van der Waals surface area contributed by atoms with Crippen LogP contribution in [-0.4, -0.2) is 12.0 Å². The number of methoxy groups -OCH3 is 1. The number of anilines is 1. The maximum Gasteiger partial charge on any atom is 0.315 e. The quantitative estimate of drug-likeness (QED) is 0.518. The van der Waals surface area contributed by atoms with E-state index in [0.29, 0.717) is 5.75 Å². The zero-order valence-electron chi connectivity index (χ0n) is 10.2. The molecule has 2 aromatic rings. The molecular formula is C13H12N2O4. The Hall–Kier alpha value is -2.76. The van der Waals surface area contributed by atoms with Crippen LogP contribution in [0, 0.1) is 10.1 Å². The highest BCUT2D eigenvalue weighted by molar-refractivity contribution is 5.65. The van der Waals surface area contributed by atoms with Crippen LogP contribution in [0.1, 0.15) is 0 Å². The minimum Gasteiger partial charge on any atom is -0.494 e. The van der Waals surface area contributed by atoms with Crippen LogP contribution in [0.3, 0.4) is 0 Å². The smallest absolute Gasteiger partial charge is 0.315 e. The number of ether oxygens (including phenoxy) is 2. The lowest BCUT2D eigenvalue weighted by atomic mass is 10.2. The molecule has 0 radical (unpaired) electrons. The highest BCUT2D eigenvalue weighted by Crippen LogP contribution is 2.38. The van der Waals surface area contributed by atoms with Gasteiger partial charge in [-0.3, -0.25) is 10.1 Å². The molecule has 0 aliphatic rings. The third kappa shape index (κ3) is 2.74. The molecular weight excluding hydrogens is 248 g/mol. The van der Waals surface area contributed by atoms with Crippen molar-refractivity contribution in [3.8, 4) is 17.2 Å². The molecule has 6 nitrogen and oxygen atoms in total. The first-order valence-corrected chi connectivity index (χ1v) is 5.46. The second-order valence-corrected chi connectivity index (χ2v) is 3.73. The lowest BCUT2D eigenvalue weighted by Gasteiger charge is -2.09. The van der Waals surface area contributed by atoms with Crippen molar-refractivity contribution in [1.29, 1.82) is 0 Å². The number of hydrogen-bond donors (Lipinski definition) is 1. The topological polar surface area (TPSA) is 87.6 Å². The number of benzene rings is 2. The summed E-state index contributed by atoms with van der Waals surface area (Å²) in [6.07, 6.45) is 0. The first-order chi connectivity index (χ1) is 9.11. The molecule has 98 valence electrons. The van der Waals surface area contributed by atoms with Crippen molar-refractivity contribution in [3.05, 3.63) is 52.6 Å². The van der Waals surface area contributed by atoms with Crippen molar-refractivity contribution in [2.24, 2.45) is 0 Å². The number of nitrogens with two attached hydrogens (primary N) is 1. The van der Waals surface area contributed by atoms with Gasteiger partial charge in [0, 0.05) is 6.07 Å². The first-order valence-electron chi connectivity index (χ1n) is 5.46. The van der Waals surface area contributed by atoms with Crippen LogP contribution in [0.15, 0.2) is 42.5 Å². The normalized spacial score (nSPS) is 9.95. The molecule has 0 aromatic heterocycles. The predicted octanol–water partition coefficient (Wildman–Crippen LogP) is 2.98. The van der Waals surface area contributed by atoms with Crippen molar-refractivity contribution in [1.82, 2.24) is 0 Å². The van der Waals surface area contributed by atoms with Gasteiger partial charge in [-0.2, -0.15) is 0 Å². The monoisotopic (exact) mass is 260 g/mol. The van der Waals surface area contributed by atoms with Gasteiger partial charge in [-0.15, -0.1) is 0 Å². The molecule has 0 spiro atoms. The third-order valence-electron chi connectivity index (χ3n) is 2.48. The summed E-state index contributed by atoms with van der Waals surface area (Å²) in [5.74, 6) is 0.816. The van der Waals surface area contributed by atoms with Gasteiger partial charge >= 0.3 is 5.69 Å². The van der Waals surface area contributed by atoms with E-state index in [9.17, 15) is 10.1 Å². The summed E-state index contributed by atoms with van der Waals surface area (Å²) in [6.45, 7) is 0. The summed E-state index contributed by atoms with van der Waals surface area (Å²) in [6, 6.07) is 11.4. The van der Waals surface area contributed by atoms with Crippen molar-refractivity contribution < 1.29 is 14.4 Å². The molecule has 0 unspecified atom stereocenters. The Morgan fingerprint density at radius 3 is 2.42 bits per heavy atom. The summed E-state index contributed by atoms with van der Waals surface area (Å²) in [5.41, 5.74) is 5.80. The van der Waals surface area contributed by atoms with Crippen LogP contribution in [0.25, 0.3) is 0 Å². The van der Waals surface area contributed by atoms with Crippen molar-refractivity contribution >= 4 is 11.4 Å². The Morgan fingerprint density at radius 1 is 1.16 bits per heavy atom. The van der Waals surface area contributed by atoms with Crippen LogP contribution < -0.4 is 15.2 Å². The maximum absolute atomic E-state index is 11.0. The second-order valence-electron chi connectivity index (χ2n) is 3.73. The molecule has 2 N–H and O–H groups in total. The van der Waals surface area contributed by atoms with Crippen LogP contribution in [0.5, 0.6) is 17.2 Å². The van der Waals surface area contributed by atoms with Gasteiger partial charge < -0.3 is 15.2 Å². The number of nitrogen functional groups attached to an aromatic ring is 1. The Balaban J connectivity index is 2.44. The summed E-state index contributed by atoms with van der Waals surface area (Å²) < 4.78 is 10.4. The molecule has 19 heavy (non-hydrogen) atoms. The molecule has 0 amide bonds. The summed E-state index contributed by atoms with van der Waals surface area (Å²) in [5, 5.41) is 11.0. The second kappa shape index (κ2) is 5.26. The van der Waals surface area contributed by atoms with E-state index < -0.39 is 4.92 Å². The van der Waals surface area contributed by atoms with Gasteiger partial charge in [-0.25, -0.2) is 0 Å². The molecule has 2 aromatic carbocycles. The summed E-state index contributed by atoms with van der Waals surface area (Å²) in [4.78, 5) is 10.5. The maximum atomic E-state index is 11.0. The molecule has 6 heteroatoms. The number of para-hydroxylation sites is 1. The van der Waals surface area contributed by atoms with E-state index in [-0.39, 0.29) is 22.9 Å². The molecule has 0 bridgehead atoms. The lowest BCUT2D eigenvalue weighted by molar-refractivity contribution is -0.385. The van der Waals surface area contributed by atoms with Gasteiger partial charge in [-0.05, 0) is 12.1 Å². The highest BCUT2D eigenvalue weighted by Gasteiger charge is 2.19. The fourth-order valence-corrected chi connectivity index (χ4v) is 1.58. The highest BCUT2D eigenvalue weighted by atomic mass is 16.6. The van der Waals surface area contributed by atoms with Gasteiger partial charge in [0.2, 0.25) is 5.75 Å². The Bertz CT molecular complexity index is 599. The number of nitro groups is 1. The Morgan fingerprint density at radius 2 is 1.84 bits per heavy atom. The summed E-state index contributed by atoms with van der Waals surface area (Å²) in [7, 11) is 1.40. The minimum atomic E-state index is -0.541. The SMILES string of the molecule is COc1cc([N+](=O)[O-])c(Oc2ccccc2)cc1N. The zero-order chi connectivity index (χ0) is 13.8. The molecule has 0 atom stereocenters. The Kier molecular flexibility index (Phi) is 3.51. The number of nitrogens with zero attached hydrogens (tertiary/aromatic N) is 1. The first kappa shape index (κ1) is 12.7. The van der Waals surface area contributed by atoms with E-state index >= 15 is 0 Å². The van der Waals surface area contributed by atoms with E-state index in [2.05, 4.69) is 0 Å². The molecule has 2 rings (SSSR count). The number of rotatable bonds is 4. The van der Waals surface area contributed by atoms with Gasteiger partial charge in [0.15, 0.2) is 0 Å². The van der Waals surface area contributed by atoms with Crippen molar-refractivity contribution in [3.63, 3.8) is 0 Å². The van der Waals surface area contributed by atoms with E-state index in [1.54, 1.807) is 24.3 Å². The van der Waals surface area contributed by atoms with Gasteiger partial charge in [0.1, 0.15) is 11.5 Å². The Labute approximate surface area is 109 Å². The van der Waals surface area contributed by atoms with Gasteiger partial charge in [0.05, 0.1) is 23.8 Å². The van der Waals surface area contributed by atoms with E-state index in [1.807, 2.05) is 6.07 Å². The minimum absolute atomic E-state index is 0.0782.